The Kier molecular flexibility index (Phi) is 9.51. The number of nitriles is 1. The molecule has 268 valence electrons. The van der Waals surface area contributed by atoms with Crippen molar-refractivity contribution in [1.29, 1.82) is 5.26 Å². The maximum absolute atomic E-state index is 10.1. The van der Waals surface area contributed by atoms with Crippen molar-refractivity contribution in [2.45, 2.75) is 37.5 Å². The molecule has 3 nitrogen and oxygen atoms in total. The van der Waals surface area contributed by atoms with Crippen molar-refractivity contribution in [2.75, 3.05) is 19.0 Å². The molecule has 2 atom stereocenters. The fourth-order valence-corrected chi connectivity index (χ4v) is 9.19. The van der Waals surface area contributed by atoms with Crippen LogP contribution in [0.5, 0.6) is 0 Å². The normalized spacial score (nSPS) is 20.5. The van der Waals surface area contributed by atoms with Gasteiger partial charge in [-0.1, -0.05) is 140 Å². The van der Waals surface area contributed by atoms with E-state index in [0.29, 0.717) is 5.57 Å². The molecule has 0 saturated carbocycles. The molecule has 0 aliphatic carbocycles. The zero-order valence-corrected chi connectivity index (χ0v) is 32.1. The predicted molar refractivity (Wildman–Crippen MR) is 231 cm³/mol. The number of likely N-dealkylation sites (N-methyl/N-ethyl adjacent to an activating group) is 1. The highest BCUT2D eigenvalue weighted by Crippen LogP contribution is 2.52. The van der Waals surface area contributed by atoms with Crippen molar-refractivity contribution in [3.63, 3.8) is 0 Å². The molecule has 2 aliphatic heterocycles. The Morgan fingerprint density at radius 2 is 1.24 bits per heavy atom. The molecule has 3 heteroatoms. The van der Waals surface area contributed by atoms with Crippen LogP contribution in [0.25, 0.3) is 21.5 Å². The van der Waals surface area contributed by atoms with Gasteiger partial charge in [-0.05, 0) is 95.3 Å². The van der Waals surface area contributed by atoms with Gasteiger partial charge in [-0.15, -0.1) is 0 Å². The lowest BCUT2D eigenvalue weighted by molar-refractivity contribution is -0.401. The third-order valence-corrected chi connectivity index (χ3v) is 11.7. The van der Waals surface area contributed by atoms with Crippen molar-refractivity contribution in [3.8, 4) is 6.07 Å². The van der Waals surface area contributed by atoms with E-state index in [2.05, 4.69) is 201 Å². The van der Waals surface area contributed by atoms with Crippen LogP contribution < -0.4 is 4.90 Å². The van der Waals surface area contributed by atoms with Crippen molar-refractivity contribution >= 4 is 38.6 Å². The maximum atomic E-state index is 10.1. The number of benzene rings is 6. The first-order chi connectivity index (χ1) is 26.8. The highest BCUT2D eigenvalue weighted by Gasteiger charge is 2.48. The van der Waals surface area contributed by atoms with E-state index in [0.717, 1.165) is 12.8 Å². The van der Waals surface area contributed by atoms with Crippen LogP contribution in [-0.2, 0) is 23.7 Å². The molecule has 0 spiro atoms. The van der Waals surface area contributed by atoms with Gasteiger partial charge in [0.2, 0.25) is 5.69 Å². The lowest BCUT2D eigenvalue weighted by atomic mass is 9.73. The first-order valence-electron chi connectivity index (χ1n) is 19.1. The average molecular weight is 713 g/mol. The fraction of sp³-hybridized carbons (Fsp3) is 0.154. The molecule has 0 fully saturated rings. The van der Waals surface area contributed by atoms with Crippen LogP contribution in [0.15, 0.2) is 193 Å². The summed E-state index contributed by atoms with van der Waals surface area (Å²) >= 11 is 0. The van der Waals surface area contributed by atoms with Gasteiger partial charge in [-0.25, -0.2) is 0 Å². The molecule has 55 heavy (non-hydrogen) atoms. The molecule has 0 aromatic heterocycles. The second kappa shape index (κ2) is 14.7. The second-order valence-corrected chi connectivity index (χ2v) is 15.2. The highest BCUT2D eigenvalue weighted by atomic mass is 15.2. The van der Waals surface area contributed by atoms with Gasteiger partial charge < -0.3 is 4.90 Å². The molecule has 0 bridgehead atoms. The third-order valence-electron chi connectivity index (χ3n) is 11.7. The first-order valence-corrected chi connectivity index (χ1v) is 19.1. The number of rotatable bonds is 9. The van der Waals surface area contributed by atoms with E-state index >= 15 is 0 Å². The maximum Gasteiger partial charge on any atom is 0.210 e. The van der Waals surface area contributed by atoms with E-state index < -0.39 is 0 Å². The van der Waals surface area contributed by atoms with Crippen LogP contribution in [0.3, 0.4) is 0 Å². The van der Waals surface area contributed by atoms with Crippen LogP contribution in [-0.4, -0.2) is 24.4 Å². The fourth-order valence-electron chi connectivity index (χ4n) is 9.19. The molecule has 6 aromatic rings. The Morgan fingerprint density at radius 1 is 0.655 bits per heavy atom. The van der Waals surface area contributed by atoms with Gasteiger partial charge in [0.15, 0.2) is 5.71 Å². The van der Waals surface area contributed by atoms with Gasteiger partial charge in [0.25, 0.3) is 0 Å². The van der Waals surface area contributed by atoms with Gasteiger partial charge in [-0.2, -0.15) is 9.84 Å². The van der Waals surface area contributed by atoms with Gasteiger partial charge in [0.05, 0.1) is 17.1 Å². The summed E-state index contributed by atoms with van der Waals surface area (Å²) in [6, 6.07) is 50.3. The second-order valence-electron chi connectivity index (χ2n) is 15.2. The number of anilines is 1. The Morgan fingerprint density at radius 3 is 1.89 bits per heavy atom. The lowest BCUT2D eigenvalue weighted by Gasteiger charge is -2.29. The van der Waals surface area contributed by atoms with Crippen LogP contribution in [0, 0.1) is 11.3 Å². The van der Waals surface area contributed by atoms with Crippen LogP contribution in [0.2, 0.25) is 0 Å². The van der Waals surface area contributed by atoms with Crippen molar-refractivity contribution in [2.24, 2.45) is 0 Å². The topological polar surface area (TPSA) is 30.0 Å². The smallest absolute Gasteiger partial charge is 0.210 e. The summed E-state index contributed by atoms with van der Waals surface area (Å²) in [5, 5.41) is 15.2. The van der Waals surface area contributed by atoms with Crippen molar-refractivity contribution < 1.29 is 4.58 Å². The first kappa shape index (κ1) is 35.5. The Hall–Kier alpha value is -6.50. The summed E-state index contributed by atoms with van der Waals surface area (Å²) in [5.41, 5.74) is 10.4. The molecule has 2 aliphatic rings. The Labute approximate surface area is 325 Å². The van der Waals surface area contributed by atoms with Crippen LogP contribution in [0.4, 0.5) is 11.4 Å². The zero-order valence-electron chi connectivity index (χ0n) is 32.1. The number of fused-ring (bicyclic) bond motifs is 6. The predicted octanol–water partition coefficient (Wildman–Crippen LogP) is 11.9. The lowest BCUT2D eigenvalue weighted by Crippen LogP contribution is -2.33. The van der Waals surface area contributed by atoms with Crippen molar-refractivity contribution in [1.82, 2.24) is 0 Å². The number of hydrogen-bond acceptors (Lipinski definition) is 2. The molecule has 0 saturated heterocycles. The summed E-state index contributed by atoms with van der Waals surface area (Å²) in [4.78, 5) is 2.33. The average Bonchev–Trinajstić information content (AvgIpc) is 3.56. The van der Waals surface area contributed by atoms with E-state index in [1.165, 1.54) is 66.6 Å². The van der Waals surface area contributed by atoms with Gasteiger partial charge >= 0.3 is 0 Å². The van der Waals surface area contributed by atoms with Crippen LogP contribution >= 0.6 is 0 Å². The number of hydrogen-bond donors (Lipinski definition) is 0. The summed E-state index contributed by atoms with van der Waals surface area (Å²) in [6.07, 6.45) is 18.1. The monoisotopic (exact) mass is 712 g/mol. The van der Waals surface area contributed by atoms with E-state index in [1.54, 1.807) is 0 Å². The molecule has 2 unspecified atom stereocenters. The summed E-state index contributed by atoms with van der Waals surface area (Å²) in [6.45, 7) is 4.73. The molecular formula is C52H46N3+. The molecule has 0 amide bonds. The minimum atomic E-state index is -0.241. The SMILES string of the molecule is CN1/C(=C/C=C/C=C(C#N)/C=C/C=C/C2=[N+](C)c3ccc4ccccc4c3C2(C)Cc2ccccc2)C(C)(Cc2ccccc2)c2c1ccc1ccccc21. The quantitative estimate of drug-likeness (QED) is 0.0849. The molecule has 6 aromatic carbocycles. The molecule has 0 N–H and O–H groups in total. The van der Waals surface area contributed by atoms with Crippen LogP contribution in [0.1, 0.15) is 36.1 Å². The Balaban J connectivity index is 1.07. The largest absolute Gasteiger partial charge is 0.347 e. The minimum Gasteiger partial charge on any atom is -0.347 e. The van der Waals surface area contributed by atoms with E-state index in [4.69, 9.17) is 0 Å². The molecular weight excluding hydrogens is 667 g/mol. The third kappa shape index (κ3) is 6.45. The molecule has 8 rings (SSSR count). The van der Waals surface area contributed by atoms with Gasteiger partial charge in [0.1, 0.15) is 7.05 Å². The number of nitrogens with zero attached hydrogens (tertiary/aromatic N) is 3. The molecule has 2 heterocycles. The summed E-state index contributed by atoms with van der Waals surface area (Å²) in [5.74, 6) is 0. The summed E-state index contributed by atoms with van der Waals surface area (Å²) < 4.78 is 2.33. The van der Waals surface area contributed by atoms with E-state index in [9.17, 15) is 5.26 Å². The standard InChI is InChI=1S/C52H46N3/c1-51(35-38-19-7-5-8-20-38)47(54(3)45-33-31-41-25-13-15-27-43(41)49(45)51)29-17-11-23-40(37-53)24-12-18-30-48-52(2,36-39-21-9-6-10-22-39)50-44-28-16-14-26-42(44)32-34-46(50)55(48)4/h5-34H,35-36H2,1-4H3/q+1. The van der Waals surface area contributed by atoms with Gasteiger partial charge in [0, 0.05) is 41.6 Å². The Bertz CT molecular complexity index is 2650. The van der Waals surface area contributed by atoms with Gasteiger partial charge in [-0.3, -0.25) is 0 Å². The molecule has 0 radical (unpaired) electrons. The minimum absolute atomic E-state index is 0.241. The van der Waals surface area contributed by atoms with E-state index in [1.807, 2.05) is 24.3 Å². The van der Waals surface area contributed by atoms with Crippen molar-refractivity contribution in [3.05, 3.63) is 216 Å². The zero-order chi connectivity index (χ0) is 38.0. The highest BCUT2D eigenvalue weighted by molar-refractivity contribution is 6.08. The van der Waals surface area contributed by atoms with E-state index in [-0.39, 0.29) is 10.8 Å². The number of allylic oxidation sites excluding steroid dienone is 10. The summed E-state index contributed by atoms with van der Waals surface area (Å²) in [7, 11) is 4.33.